The predicted molar refractivity (Wildman–Crippen MR) is 84.5 cm³/mol. The summed E-state index contributed by atoms with van der Waals surface area (Å²) in [4.78, 5) is 4.26. The van der Waals surface area contributed by atoms with Crippen molar-refractivity contribution in [2.75, 3.05) is 26.2 Å². The molecule has 116 valence electrons. The third-order valence-electron chi connectivity index (χ3n) is 4.50. The number of nitrogens with one attached hydrogen (secondary N) is 1. The summed E-state index contributed by atoms with van der Waals surface area (Å²) in [6.07, 6.45) is 7.32. The number of sulfonamides is 1. The molecule has 2 saturated heterocycles. The van der Waals surface area contributed by atoms with E-state index in [-0.39, 0.29) is 10.3 Å². The summed E-state index contributed by atoms with van der Waals surface area (Å²) in [5.41, 5.74) is 0.114. The number of piperidine rings is 2. The number of rotatable bonds is 2. The van der Waals surface area contributed by atoms with E-state index < -0.39 is 10.0 Å². The summed E-state index contributed by atoms with van der Waals surface area (Å²) >= 11 is 3.29. The highest BCUT2D eigenvalue weighted by Crippen LogP contribution is 2.37. The second-order valence-electron chi connectivity index (χ2n) is 6.06. The van der Waals surface area contributed by atoms with Crippen molar-refractivity contribution in [2.24, 2.45) is 5.41 Å². The van der Waals surface area contributed by atoms with Gasteiger partial charge in [0.25, 0.3) is 0 Å². The van der Waals surface area contributed by atoms with Crippen LogP contribution in [-0.4, -0.2) is 43.9 Å². The highest BCUT2D eigenvalue weighted by atomic mass is 79.9. The molecule has 3 heterocycles. The molecule has 0 aliphatic carbocycles. The lowest BCUT2D eigenvalue weighted by Crippen LogP contribution is -2.52. The van der Waals surface area contributed by atoms with E-state index in [1.54, 1.807) is 16.6 Å². The Balaban J connectivity index is 1.85. The first-order valence-electron chi connectivity index (χ1n) is 7.33. The van der Waals surface area contributed by atoms with Crippen LogP contribution in [-0.2, 0) is 10.0 Å². The molecule has 5 nitrogen and oxygen atoms in total. The molecule has 2 aliphatic rings. The third-order valence-corrected chi connectivity index (χ3v) is 6.75. The van der Waals surface area contributed by atoms with Crippen molar-refractivity contribution in [2.45, 2.75) is 30.6 Å². The standard InChI is InChI=1S/C14H20BrN3O2S/c15-12-7-13(9-17-8-12)21(19,20)18-6-2-4-14(11-18)3-1-5-16-10-14/h7-9,16H,1-6,10-11H2. The zero-order valence-corrected chi connectivity index (χ0v) is 14.3. The summed E-state index contributed by atoms with van der Waals surface area (Å²) in [5, 5.41) is 3.42. The number of halogens is 1. The molecule has 1 N–H and O–H groups in total. The monoisotopic (exact) mass is 373 g/mol. The van der Waals surface area contributed by atoms with Crippen LogP contribution in [0.3, 0.4) is 0 Å². The minimum absolute atomic E-state index is 0.114. The molecule has 3 rings (SSSR count). The summed E-state index contributed by atoms with van der Waals surface area (Å²) in [6.45, 7) is 3.20. The molecule has 0 amide bonds. The van der Waals surface area contributed by atoms with Gasteiger partial charge < -0.3 is 5.32 Å². The molecule has 1 atom stereocenters. The van der Waals surface area contributed by atoms with Gasteiger partial charge in [-0.15, -0.1) is 0 Å². The van der Waals surface area contributed by atoms with Crippen LogP contribution in [0.1, 0.15) is 25.7 Å². The minimum Gasteiger partial charge on any atom is -0.316 e. The number of aromatic nitrogens is 1. The van der Waals surface area contributed by atoms with E-state index in [0.717, 1.165) is 38.8 Å². The van der Waals surface area contributed by atoms with Crippen LogP contribution >= 0.6 is 15.9 Å². The van der Waals surface area contributed by atoms with Crippen molar-refractivity contribution in [1.82, 2.24) is 14.6 Å². The number of pyridine rings is 1. The fourth-order valence-electron chi connectivity index (χ4n) is 3.43. The number of nitrogens with zero attached hydrogens (tertiary/aromatic N) is 2. The maximum atomic E-state index is 12.8. The van der Waals surface area contributed by atoms with Gasteiger partial charge in [-0.1, -0.05) is 0 Å². The average Bonchev–Trinajstić information content (AvgIpc) is 2.48. The lowest BCUT2D eigenvalue weighted by atomic mass is 9.75. The second-order valence-corrected chi connectivity index (χ2v) is 8.91. The Kier molecular flexibility index (Phi) is 4.36. The van der Waals surface area contributed by atoms with Crippen LogP contribution in [0.15, 0.2) is 27.8 Å². The molecule has 1 unspecified atom stereocenters. The summed E-state index contributed by atoms with van der Waals surface area (Å²) in [7, 11) is -3.45. The fourth-order valence-corrected chi connectivity index (χ4v) is 5.53. The van der Waals surface area contributed by atoms with Crippen LogP contribution in [0.25, 0.3) is 0 Å². The number of hydrogen-bond donors (Lipinski definition) is 1. The third kappa shape index (κ3) is 3.16. The second kappa shape index (κ2) is 5.95. The maximum Gasteiger partial charge on any atom is 0.244 e. The first-order chi connectivity index (χ1) is 10.0. The zero-order chi connectivity index (χ0) is 14.9. The first-order valence-corrected chi connectivity index (χ1v) is 9.57. The van der Waals surface area contributed by atoms with Gasteiger partial charge in [-0.05, 0) is 59.6 Å². The molecule has 2 aliphatic heterocycles. The van der Waals surface area contributed by atoms with E-state index in [2.05, 4.69) is 26.2 Å². The van der Waals surface area contributed by atoms with Gasteiger partial charge in [0.1, 0.15) is 4.90 Å². The highest BCUT2D eigenvalue weighted by molar-refractivity contribution is 9.10. The topological polar surface area (TPSA) is 62.3 Å². The lowest BCUT2D eigenvalue weighted by molar-refractivity contribution is 0.110. The summed E-state index contributed by atoms with van der Waals surface area (Å²) < 4.78 is 28.0. The smallest absolute Gasteiger partial charge is 0.244 e. The first kappa shape index (κ1) is 15.4. The molecule has 1 aromatic heterocycles. The minimum atomic E-state index is -3.45. The van der Waals surface area contributed by atoms with Crippen molar-refractivity contribution < 1.29 is 8.42 Å². The molecule has 21 heavy (non-hydrogen) atoms. The Morgan fingerprint density at radius 3 is 2.81 bits per heavy atom. The Morgan fingerprint density at radius 1 is 1.29 bits per heavy atom. The quantitative estimate of drug-likeness (QED) is 0.860. The van der Waals surface area contributed by atoms with Crippen molar-refractivity contribution in [3.8, 4) is 0 Å². The SMILES string of the molecule is O=S(=O)(c1cncc(Br)c1)N1CCCC2(CCCNC2)C1. The van der Waals surface area contributed by atoms with Gasteiger partial charge in [0.2, 0.25) is 10.0 Å². The number of hydrogen-bond acceptors (Lipinski definition) is 4. The largest absolute Gasteiger partial charge is 0.316 e. The van der Waals surface area contributed by atoms with E-state index in [4.69, 9.17) is 0 Å². The van der Waals surface area contributed by atoms with Gasteiger partial charge in [0.15, 0.2) is 0 Å². The van der Waals surface area contributed by atoms with Crippen LogP contribution in [0, 0.1) is 5.41 Å². The molecule has 1 spiro atoms. The van der Waals surface area contributed by atoms with E-state index in [9.17, 15) is 8.42 Å². The van der Waals surface area contributed by atoms with Gasteiger partial charge in [-0.3, -0.25) is 4.98 Å². The molecule has 0 bridgehead atoms. The van der Waals surface area contributed by atoms with Crippen molar-refractivity contribution >= 4 is 26.0 Å². The van der Waals surface area contributed by atoms with Crippen LogP contribution in [0.4, 0.5) is 0 Å². The van der Waals surface area contributed by atoms with Gasteiger partial charge in [-0.2, -0.15) is 4.31 Å². The van der Waals surface area contributed by atoms with Crippen LogP contribution < -0.4 is 5.32 Å². The molecule has 0 aromatic carbocycles. The Morgan fingerprint density at radius 2 is 2.10 bits per heavy atom. The zero-order valence-electron chi connectivity index (χ0n) is 11.9. The Hall–Kier alpha value is -0.500. The van der Waals surface area contributed by atoms with E-state index in [1.807, 2.05) is 0 Å². The molecular formula is C14H20BrN3O2S. The van der Waals surface area contributed by atoms with Gasteiger partial charge in [0.05, 0.1) is 0 Å². The fraction of sp³-hybridized carbons (Fsp3) is 0.643. The lowest BCUT2D eigenvalue weighted by Gasteiger charge is -2.44. The van der Waals surface area contributed by atoms with Gasteiger partial charge >= 0.3 is 0 Å². The summed E-state index contributed by atoms with van der Waals surface area (Å²) in [5.74, 6) is 0. The molecular weight excluding hydrogens is 354 g/mol. The molecule has 0 radical (unpaired) electrons. The normalized spacial score (nSPS) is 27.9. The molecule has 1 aromatic rings. The Bertz CT molecular complexity index is 609. The molecule has 2 fully saturated rings. The van der Waals surface area contributed by atoms with Crippen LogP contribution in [0.2, 0.25) is 0 Å². The molecule has 0 saturated carbocycles. The van der Waals surface area contributed by atoms with Gasteiger partial charge in [0, 0.05) is 36.5 Å². The van der Waals surface area contributed by atoms with Crippen molar-refractivity contribution in [3.05, 3.63) is 22.9 Å². The Labute approximate surface area is 134 Å². The molecule has 7 heteroatoms. The van der Waals surface area contributed by atoms with Crippen molar-refractivity contribution in [3.63, 3.8) is 0 Å². The van der Waals surface area contributed by atoms with Gasteiger partial charge in [-0.25, -0.2) is 8.42 Å². The average molecular weight is 374 g/mol. The van der Waals surface area contributed by atoms with E-state index in [0.29, 0.717) is 17.6 Å². The van der Waals surface area contributed by atoms with E-state index in [1.165, 1.54) is 6.20 Å². The maximum absolute atomic E-state index is 12.8. The van der Waals surface area contributed by atoms with Crippen LogP contribution in [0.5, 0.6) is 0 Å². The summed E-state index contributed by atoms with van der Waals surface area (Å²) in [6, 6.07) is 1.63. The predicted octanol–water partition coefficient (Wildman–Crippen LogP) is 2.00. The highest BCUT2D eigenvalue weighted by Gasteiger charge is 2.40. The van der Waals surface area contributed by atoms with E-state index >= 15 is 0 Å². The van der Waals surface area contributed by atoms with Crippen molar-refractivity contribution in [1.29, 1.82) is 0 Å².